The van der Waals surface area contributed by atoms with Crippen LogP contribution in [-0.2, 0) is 9.53 Å². The standard InChI is InChI=1S/C11H22N2O5/c1-5-13(8(2)6-18-4)10(16)12-7-11(3,17)9(14)15/h8,17H,5-7H2,1-4H3,(H,12,16)(H,14,15). The molecule has 0 bridgehead atoms. The van der Waals surface area contributed by atoms with Gasteiger partial charge in [-0.15, -0.1) is 0 Å². The number of likely N-dealkylation sites (N-methyl/N-ethyl adjacent to an activating group) is 1. The lowest BCUT2D eigenvalue weighted by Gasteiger charge is -2.29. The fourth-order valence-electron chi connectivity index (χ4n) is 1.41. The van der Waals surface area contributed by atoms with Crippen LogP contribution in [0.4, 0.5) is 4.79 Å². The Hall–Kier alpha value is -1.34. The van der Waals surface area contributed by atoms with Gasteiger partial charge in [-0.05, 0) is 20.8 Å². The second kappa shape index (κ2) is 7.17. The van der Waals surface area contributed by atoms with Crippen LogP contribution in [0.5, 0.6) is 0 Å². The van der Waals surface area contributed by atoms with Gasteiger partial charge in [-0.2, -0.15) is 0 Å². The molecule has 0 aliphatic carbocycles. The van der Waals surface area contributed by atoms with Gasteiger partial charge in [0.25, 0.3) is 0 Å². The number of carbonyl (C=O) groups excluding carboxylic acids is 1. The second-order valence-corrected chi connectivity index (χ2v) is 4.33. The van der Waals surface area contributed by atoms with Crippen LogP contribution < -0.4 is 5.32 Å². The smallest absolute Gasteiger partial charge is 0.337 e. The SMILES string of the molecule is CCN(C(=O)NCC(C)(O)C(=O)O)C(C)COC. The van der Waals surface area contributed by atoms with Crippen molar-refractivity contribution in [1.82, 2.24) is 10.2 Å². The summed E-state index contributed by atoms with van der Waals surface area (Å²) in [7, 11) is 1.54. The molecule has 0 saturated carbocycles. The Bertz CT molecular complexity index is 293. The van der Waals surface area contributed by atoms with E-state index in [1.165, 1.54) is 12.0 Å². The van der Waals surface area contributed by atoms with Crippen LogP contribution in [0.2, 0.25) is 0 Å². The van der Waals surface area contributed by atoms with E-state index in [4.69, 9.17) is 9.84 Å². The van der Waals surface area contributed by atoms with Gasteiger partial charge in [-0.1, -0.05) is 0 Å². The Kier molecular flexibility index (Phi) is 6.64. The molecule has 0 aromatic heterocycles. The minimum Gasteiger partial charge on any atom is -0.479 e. The molecule has 0 rings (SSSR count). The Labute approximate surface area is 107 Å². The molecule has 0 aromatic rings. The van der Waals surface area contributed by atoms with Gasteiger partial charge < -0.3 is 25.2 Å². The van der Waals surface area contributed by atoms with Crippen LogP contribution in [0.1, 0.15) is 20.8 Å². The average Bonchev–Trinajstić information content (AvgIpc) is 2.27. The zero-order valence-electron chi connectivity index (χ0n) is 11.3. The Morgan fingerprint density at radius 3 is 2.44 bits per heavy atom. The van der Waals surface area contributed by atoms with Gasteiger partial charge in [-0.25, -0.2) is 9.59 Å². The van der Waals surface area contributed by atoms with Crippen molar-refractivity contribution in [3.63, 3.8) is 0 Å². The summed E-state index contributed by atoms with van der Waals surface area (Å²) in [5.74, 6) is -1.38. The molecular weight excluding hydrogens is 240 g/mol. The molecule has 0 aliphatic heterocycles. The van der Waals surface area contributed by atoms with Gasteiger partial charge in [0.05, 0.1) is 19.2 Å². The number of ether oxygens (including phenoxy) is 1. The molecule has 2 amide bonds. The number of nitrogens with one attached hydrogen (secondary N) is 1. The number of carboxylic acid groups (broad SMARTS) is 1. The van der Waals surface area contributed by atoms with Crippen molar-refractivity contribution >= 4 is 12.0 Å². The van der Waals surface area contributed by atoms with E-state index in [2.05, 4.69) is 5.32 Å². The minimum absolute atomic E-state index is 0.130. The van der Waals surface area contributed by atoms with Crippen LogP contribution in [0, 0.1) is 0 Å². The van der Waals surface area contributed by atoms with E-state index in [-0.39, 0.29) is 12.6 Å². The Morgan fingerprint density at radius 1 is 1.50 bits per heavy atom. The largest absolute Gasteiger partial charge is 0.479 e. The van der Waals surface area contributed by atoms with E-state index in [0.29, 0.717) is 13.2 Å². The summed E-state index contributed by atoms with van der Waals surface area (Å²) >= 11 is 0. The van der Waals surface area contributed by atoms with E-state index in [1.54, 1.807) is 6.92 Å². The van der Waals surface area contributed by atoms with Crippen LogP contribution in [0.3, 0.4) is 0 Å². The van der Waals surface area contributed by atoms with Crippen LogP contribution in [0.15, 0.2) is 0 Å². The predicted molar refractivity (Wildman–Crippen MR) is 65.4 cm³/mol. The first kappa shape index (κ1) is 16.7. The second-order valence-electron chi connectivity index (χ2n) is 4.33. The molecule has 2 unspecified atom stereocenters. The van der Waals surface area contributed by atoms with Crippen molar-refractivity contribution in [2.75, 3.05) is 26.8 Å². The molecule has 3 N–H and O–H groups in total. The van der Waals surface area contributed by atoms with Gasteiger partial charge in [-0.3, -0.25) is 0 Å². The molecule has 0 radical (unpaired) electrons. The molecule has 18 heavy (non-hydrogen) atoms. The number of carbonyl (C=O) groups is 2. The Balaban J connectivity index is 4.42. The molecule has 0 aliphatic rings. The van der Waals surface area contributed by atoms with Crippen LogP contribution in [0.25, 0.3) is 0 Å². The fraction of sp³-hybridized carbons (Fsp3) is 0.818. The number of hydrogen-bond donors (Lipinski definition) is 3. The van der Waals surface area contributed by atoms with Gasteiger partial charge in [0, 0.05) is 13.7 Å². The monoisotopic (exact) mass is 262 g/mol. The van der Waals surface area contributed by atoms with E-state index < -0.39 is 17.6 Å². The number of rotatable bonds is 7. The van der Waals surface area contributed by atoms with Crippen molar-refractivity contribution < 1.29 is 24.5 Å². The first-order valence-electron chi connectivity index (χ1n) is 5.75. The maximum absolute atomic E-state index is 11.8. The van der Waals surface area contributed by atoms with Crippen LogP contribution in [-0.4, -0.2) is 65.6 Å². The normalized spacial score (nSPS) is 15.6. The lowest BCUT2D eigenvalue weighted by atomic mass is 10.1. The van der Waals surface area contributed by atoms with Crippen molar-refractivity contribution in [3.8, 4) is 0 Å². The highest BCUT2D eigenvalue weighted by molar-refractivity contribution is 5.79. The number of nitrogens with zero attached hydrogens (tertiary/aromatic N) is 1. The number of carboxylic acids is 1. The predicted octanol–water partition coefficient (Wildman–Crippen LogP) is -0.112. The van der Waals surface area contributed by atoms with Crippen molar-refractivity contribution in [2.24, 2.45) is 0 Å². The molecule has 0 spiro atoms. The van der Waals surface area contributed by atoms with Gasteiger partial charge >= 0.3 is 12.0 Å². The lowest BCUT2D eigenvalue weighted by molar-refractivity contribution is -0.155. The summed E-state index contributed by atoms with van der Waals surface area (Å²) in [6, 6.07) is -0.557. The summed E-state index contributed by atoms with van der Waals surface area (Å²) in [5.41, 5.74) is -1.97. The summed E-state index contributed by atoms with van der Waals surface area (Å²) in [5, 5.41) is 20.6. The maximum Gasteiger partial charge on any atom is 0.337 e. The summed E-state index contributed by atoms with van der Waals surface area (Å²) in [4.78, 5) is 24.0. The molecule has 0 saturated heterocycles. The molecule has 7 nitrogen and oxygen atoms in total. The fourth-order valence-corrected chi connectivity index (χ4v) is 1.41. The molecule has 0 aromatic carbocycles. The molecular formula is C11H22N2O5. The quantitative estimate of drug-likeness (QED) is 0.594. The Morgan fingerprint density at radius 2 is 2.06 bits per heavy atom. The highest BCUT2D eigenvalue weighted by Gasteiger charge is 2.31. The van der Waals surface area contributed by atoms with Crippen molar-refractivity contribution in [1.29, 1.82) is 0 Å². The van der Waals surface area contributed by atoms with Gasteiger partial charge in [0.1, 0.15) is 0 Å². The van der Waals surface area contributed by atoms with E-state index >= 15 is 0 Å². The number of aliphatic carboxylic acids is 1. The number of aliphatic hydroxyl groups is 1. The average molecular weight is 262 g/mol. The highest BCUT2D eigenvalue weighted by Crippen LogP contribution is 2.04. The number of urea groups is 1. The number of amides is 2. The third-order valence-electron chi connectivity index (χ3n) is 2.59. The molecule has 0 heterocycles. The third-order valence-corrected chi connectivity index (χ3v) is 2.59. The van der Waals surface area contributed by atoms with E-state index in [0.717, 1.165) is 6.92 Å². The topological polar surface area (TPSA) is 99.1 Å². The molecule has 2 atom stereocenters. The maximum atomic E-state index is 11.8. The number of hydrogen-bond acceptors (Lipinski definition) is 4. The summed E-state index contributed by atoms with van der Waals surface area (Å²) in [6.45, 7) is 5.26. The van der Waals surface area contributed by atoms with E-state index in [1.807, 2.05) is 6.92 Å². The molecule has 0 fully saturated rings. The first-order valence-corrected chi connectivity index (χ1v) is 5.75. The first-order chi connectivity index (χ1) is 8.26. The van der Waals surface area contributed by atoms with Crippen LogP contribution >= 0.6 is 0 Å². The summed E-state index contributed by atoms with van der Waals surface area (Å²) < 4.78 is 4.96. The zero-order valence-corrected chi connectivity index (χ0v) is 11.3. The molecule has 7 heteroatoms. The summed E-state index contributed by atoms with van der Waals surface area (Å²) in [6.07, 6.45) is 0. The van der Waals surface area contributed by atoms with E-state index in [9.17, 15) is 14.7 Å². The highest BCUT2D eigenvalue weighted by atomic mass is 16.5. The molecule has 106 valence electrons. The van der Waals surface area contributed by atoms with Crippen molar-refractivity contribution in [3.05, 3.63) is 0 Å². The van der Waals surface area contributed by atoms with Crippen molar-refractivity contribution in [2.45, 2.75) is 32.4 Å². The van der Waals surface area contributed by atoms with Gasteiger partial charge in [0.15, 0.2) is 5.60 Å². The number of methoxy groups -OCH3 is 1. The zero-order chi connectivity index (χ0) is 14.3. The van der Waals surface area contributed by atoms with Gasteiger partial charge in [0.2, 0.25) is 0 Å². The third kappa shape index (κ3) is 4.89. The lowest BCUT2D eigenvalue weighted by Crippen LogP contribution is -2.52. The minimum atomic E-state index is -1.97.